The van der Waals surface area contributed by atoms with E-state index in [0.29, 0.717) is 17.7 Å². The molecule has 0 aliphatic carbocycles. The van der Waals surface area contributed by atoms with Crippen LogP contribution in [0.15, 0.2) is 48.5 Å². The van der Waals surface area contributed by atoms with Crippen LogP contribution in [0.1, 0.15) is 25.3 Å². The second kappa shape index (κ2) is 7.70. The predicted molar refractivity (Wildman–Crippen MR) is 101 cm³/mol. The number of carbonyl (C=O) groups is 2. The summed E-state index contributed by atoms with van der Waals surface area (Å²) in [6.45, 7) is 2.52. The van der Waals surface area contributed by atoms with Gasteiger partial charge in [0, 0.05) is 30.0 Å². The number of rotatable bonds is 5. The van der Waals surface area contributed by atoms with Crippen LogP contribution >= 0.6 is 0 Å². The van der Waals surface area contributed by atoms with Gasteiger partial charge in [-0.1, -0.05) is 6.07 Å². The summed E-state index contributed by atoms with van der Waals surface area (Å²) in [6, 6.07) is 15.9. The van der Waals surface area contributed by atoms with E-state index >= 15 is 0 Å². The smallest absolute Gasteiger partial charge is 0.246 e. The lowest BCUT2D eigenvalue weighted by molar-refractivity contribution is -0.117. The maximum Gasteiger partial charge on any atom is 0.246 e. The molecule has 0 radical (unpaired) electrons. The molecule has 26 heavy (non-hydrogen) atoms. The Hall–Kier alpha value is -3.33. The minimum absolute atomic E-state index is 0.151. The van der Waals surface area contributed by atoms with Crippen LogP contribution in [0.3, 0.4) is 0 Å². The topological polar surface area (TPSA) is 85.2 Å². The van der Waals surface area contributed by atoms with Crippen molar-refractivity contribution >= 4 is 28.9 Å². The van der Waals surface area contributed by atoms with Gasteiger partial charge < -0.3 is 15.5 Å². The molecule has 2 N–H and O–H groups in total. The first-order valence-electron chi connectivity index (χ1n) is 8.55. The van der Waals surface area contributed by atoms with Crippen LogP contribution in [0.25, 0.3) is 0 Å². The van der Waals surface area contributed by atoms with Crippen LogP contribution in [-0.4, -0.2) is 24.4 Å². The van der Waals surface area contributed by atoms with Crippen LogP contribution in [-0.2, 0) is 9.59 Å². The molecule has 2 aromatic rings. The highest BCUT2D eigenvalue weighted by Crippen LogP contribution is 2.23. The number of hydrogen-bond donors (Lipinski definition) is 2. The van der Waals surface area contributed by atoms with Crippen LogP contribution in [0, 0.1) is 11.3 Å². The molecule has 1 saturated heterocycles. The van der Waals surface area contributed by atoms with E-state index in [1.165, 1.54) is 0 Å². The summed E-state index contributed by atoms with van der Waals surface area (Å²) < 4.78 is 0. The zero-order valence-electron chi connectivity index (χ0n) is 14.5. The third-order valence-electron chi connectivity index (χ3n) is 4.29. The largest absolute Gasteiger partial charge is 0.374 e. The average molecular weight is 348 g/mol. The standard InChI is InChI=1S/C20H20N4O2/c1-14(20(26)23-17-5-2-4-15(12-17)13-21)22-16-7-9-18(10-8-16)24-11-3-6-19(24)25/h2,4-5,7-10,12,14,22H,3,6,11H2,1H3,(H,23,26)/t14-/m1/s1. The number of benzene rings is 2. The number of carbonyl (C=O) groups excluding carboxylic acids is 2. The summed E-state index contributed by atoms with van der Waals surface area (Å²) in [5.74, 6) is -0.0445. The van der Waals surface area contributed by atoms with E-state index < -0.39 is 6.04 Å². The van der Waals surface area contributed by atoms with Crippen LogP contribution in [0.4, 0.5) is 17.1 Å². The Morgan fingerprint density at radius 3 is 2.62 bits per heavy atom. The van der Waals surface area contributed by atoms with Gasteiger partial charge in [-0.15, -0.1) is 0 Å². The highest BCUT2D eigenvalue weighted by molar-refractivity contribution is 5.97. The molecule has 1 aliphatic heterocycles. The summed E-state index contributed by atoms with van der Waals surface area (Å²) >= 11 is 0. The molecule has 1 heterocycles. The van der Waals surface area contributed by atoms with E-state index in [2.05, 4.69) is 10.6 Å². The van der Waals surface area contributed by atoms with E-state index in [9.17, 15) is 9.59 Å². The molecule has 2 aromatic carbocycles. The monoisotopic (exact) mass is 348 g/mol. The second-order valence-corrected chi connectivity index (χ2v) is 6.24. The minimum Gasteiger partial charge on any atom is -0.374 e. The van der Waals surface area contributed by atoms with Crippen molar-refractivity contribution in [3.63, 3.8) is 0 Å². The van der Waals surface area contributed by atoms with Gasteiger partial charge in [0.05, 0.1) is 11.6 Å². The van der Waals surface area contributed by atoms with E-state index in [1.54, 1.807) is 36.1 Å². The zero-order valence-corrected chi connectivity index (χ0v) is 14.5. The molecule has 2 amide bonds. The number of hydrogen-bond acceptors (Lipinski definition) is 4. The maximum atomic E-state index is 12.3. The molecular formula is C20H20N4O2. The Morgan fingerprint density at radius 1 is 1.19 bits per heavy atom. The van der Waals surface area contributed by atoms with Crippen LogP contribution in [0.2, 0.25) is 0 Å². The van der Waals surface area contributed by atoms with Crippen molar-refractivity contribution in [1.82, 2.24) is 0 Å². The zero-order chi connectivity index (χ0) is 18.5. The molecule has 1 aliphatic rings. The van der Waals surface area contributed by atoms with Crippen molar-refractivity contribution in [2.45, 2.75) is 25.8 Å². The van der Waals surface area contributed by atoms with Gasteiger partial charge in [-0.3, -0.25) is 9.59 Å². The average Bonchev–Trinajstić information content (AvgIpc) is 3.08. The van der Waals surface area contributed by atoms with Gasteiger partial charge in [-0.2, -0.15) is 5.26 Å². The fourth-order valence-corrected chi connectivity index (χ4v) is 2.89. The van der Waals surface area contributed by atoms with Crippen molar-refractivity contribution in [1.29, 1.82) is 5.26 Å². The normalized spacial score (nSPS) is 14.6. The predicted octanol–water partition coefficient (Wildman–Crippen LogP) is 3.12. The summed E-state index contributed by atoms with van der Waals surface area (Å²) in [6.07, 6.45) is 1.49. The van der Waals surface area contributed by atoms with Gasteiger partial charge in [0.25, 0.3) is 0 Å². The Bertz CT molecular complexity index is 855. The summed E-state index contributed by atoms with van der Waals surface area (Å²) in [4.78, 5) is 25.9. The first-order valence-corrected chi connectivity index (χ1v) is 8.55. The Morgan fingerprint density at radius 2 is 1.96 bits per heavy atom. The van der Waals surface area contributed by atoms with Crippen molar-refractivity contribution in [3.05, 3.63) is 54.1 Å². The number of nitrogens with zero attached hydrogens (tertiary/aromatic N) is 2. The molecule has 6 nitrogen and oxygen atoms in total. The van der Waals surface area contributed by atoms with Crippen LogP contribution < -0.4 is 15.5 Å². The number of nitrogens with one attached hydrogen (secondary N) is 2. The van der Waals surface area contributed by atoms with Crippen molar-refractivity contribution in [3.8, 4) is 6.07 Å². The Balaban J connectivity index is 1.60. The third kappa shape index (κ3) is 4.01. The molecular weight excluding hydrogens is 328 g/mol. The minimum atomic E-state index is -0.458. The lowest BCUT2D eigenvalue weighted by Gasteiger charge is -2.18. The molecule has 1 atom stereocenters. The van der Waals surface area contributed by atoms with Gasteiger partial charge in [-0.05, 0) is 55.8 Å². The number of amides is 2. The molecule has 0 bridgehead atoms. The Kier molecular flexibility index (Phi) is 5.18. The van der Waals surface area contributed by atoms with E-state index in [0.717, 1.165) is 24.3 Å². The first-order chi connectivity index (χ1) is 12.6. The molecule has 1 fully saturated rings. The first kappa shape index (κ1) is 17.5. The maximum absolute atomic E-state index is 12.3. The lowest BCUT2D eigenvalue weighted by atomic mass is 10.2. The quantitative estimate of drug-likeness (QED) is 0.869. The van der Waals surface area contributed by atoms with Gasteiger partial charge in [-0.25, -0.2) is 0 Å². The van der Waals surface area contributed by atoms with Gasteiger partial charge in [0.1, 0.15) is 6.04 Å². The fourth-order valence-electron chi connectivity index (χ4n) is 2.89. The highest BCUT2D eigenvalue weighted by Gasteiger charge is 2.21. The van der Waals surface area contributed by atoms with Crippen molar-refractivity contribution in [2.24, 2.45) is 0 Å². The van der Waals surface area contributed by atoms with Gasteiger partial charge >= 0.3 is 0 Å². The summed E-state index contributed by atoms with van der Waals surface area (Å²) in [7, 11) is 0. The second-order valence-electron chi connectivity index (χ2n) is 6.24. The van der Waals surface area contributed by atoms with Gasteiger partial charge in [0.2, 0.25) is 11.8 Å². The Labute approximate surface area is 152 Å². The molecule has 0 unspecified atom stereocenters. The molecule has 0 saturated carbocycles. The molecule has 132 valence electrons. The molecule has 3 rings (SSSR count). The number of anilines is 3. The van der Waals surface area contributed by atoms with Crippen LogP contribution in [0.5, 0.6) is 0 Å². The van der Waals surface area contributed by atoms with E-state index in [1.807, 2.05) is 30.3 Å². The van der Waals surface area contributed by atoms with Crippen molar-refractivity contribution in [2.75, 3.05) is 22.1 Å². The van der Waals surface area contributed by atoms with E-state index in [4.69, 9.17) is 5.26 Å². The molecule has 6 heteroatoms. The third-order valence-corrected chi connectivity index (χ3v) is 4.29. The summed E-state index contributed by atoms with van der Waals surface area (Å²) in [5.41, 5.74) is 2.76. The number of nitriles is 1. The van der Waals surface area contributed by atoms with Crippen molar-refractivity contribution < 1.29 is 9.59 Å². The van der Waals surface area contributed by atoms with E-state index in [-0.39, 0.29) is 11.8 Å². The highest BCUT2D eigenvalue weighted by atomic mass is 16.2. The fraction of sp³-hybridized carbons (Fsp3) is 0.250. The SMILES string of the molecule is C[C@@H](Nc1ccc(N2CCCC2=O)cc1)C(=O)Nc1cccc(C#N)c1. The van der Waals surface area contributed by atoms with Gasteiger partial charge in [0.15, 0.2) is 0 Å². The summed E-state index contributed by atoms with van der Waals surface area (Å²) in [5, 5.41) is 14.9. The molecule has 0 spiro atoms. The lowest BCUT2D eigenvalue weighted by Crippen LogP contribution is -2.31. The molecule has 0 aromatic heterocycles.